The Morgan fingerprint density at radius 3 is 2.95 bits per heavy atom. The van der Waals surface area contributed by atoms with E-state index in [0.29, 0.717) is 6.42 Å². The van der Waals surface area contributed by atoms with E-state index in [0.717, 1.165) is 24.0 Å². The van der Waals surface area contributed by atoms with Crippen molar-refractivity contribution in [3.63, 3.8) is 0 Å². The van der Waals surface area contributed by atoms with Crippen molar-refractivity contribution >= 4 is 16.7 Å². The fourth-order valence-corrected chi connectivity index (χ4v) is 2.93. The van der Waals surface area contributed by atoms with E-state index in [4.69, 9.17) is 4.74 Å². The first-order chi connectivity index (χ1) is 10.2. The zero-order chi connectivity index (χ0) is 14.8. The molecule has 1 heterocycles. The quantitative estimate of drug-likeness (QED) is 0.937. The van der Waals surface area contributed by atoms with Gasteiger partial charge in [-0.1, -0.05) is 43.3 Å². The van der Waals surface area contributed by atoms with Crippen LogP contribution in [0.3, 0.4) is 0 Å². The molecule has 0 aromatic heterocycles. The second-order valence-electron chi connectivity index (χ2n) is 5.68. The van der Waals surface area contributed by atoms with Crippen LogP contribution < -0.4 is 10.1 Å². The maximum Gasteiger partial charge on any atom is 0.220 e. The summed E-state index contributed by atoms with van der Waals surface area (Å²) in [7, 11) is 0. The first-order valence-corrected chi connectivity index (χ1v) is 7.65. The smallest absolute Gasteiger partial charge is 0.220 e. The van der Waals surface area contributed by atoms with Crippen LogP contribution in [0, 0.1) is 0 Å². The summed E-state index contributed by atoms with van der Waals surface area (Å²) in [5, 5.41) is 5.37. The number of ether oxygens (including phenoxy) is 1. The topological polar surface area (TPSA) is 38.3 Å². The lowest BCUT2D eigenvalue weighted by Gasteiger charge is -2.31. The Balaban J connectivity index is 1.87. The van der Waals surface area contributed by atoms with Gasteiger partial charge in [0, 0.05) is 11.8 Å². The van der Waals surface area contributed by atoms with Gasteiger partial charge in [-0.05, 0) is 30.7 Å². The van der Waals surface area contributed by atoms with Gasteiger partial charge >= 0.3 is 0 Å². The minimum atomic E-state index is 0.0320. The molecule has 2 aromatic rings. The Morgan fingerprint density at radius 1 is 1.33 bits per heavy atom. The Bertz CT molecular complexity index is 665. The third kappa shape index (κ3) is 2.73. The molecular formula is C18H21NO2. The Kier molecular flexibility index (Phi) is 3.82. The monoisotopic (exact) mass is 283 g/mol. The first-order valence-electron chi connectivity index (χ1n) is 7.65. The number of carbonyl (C=O) groups excluding carboxylic acids is 1. The molecular weight excluding hydrogens is 262 g/mol. The van der Waals surface area contributed by atoms with Gasteiger partial charge in [-0.25, -0.2) is 0 Å². The first kappa shape index (κ1) is 13.9. The lowest BCUT2D eigenvalue weighted by atomic mass is 9.95. The van der Waals surface area contributed by atoms with Crippen LogP contribution in [0.15, 0.2) is 36.4 Å². The van der Waals surface area contributed by atoms with Gasteiger partial charge in [0.1, 0.15) is 11.9 Å². The second kappa shape index (κ2) is 5.76. The van der Waals surface area contributed by atoms with Gasteiger partial charge in [0.15, 0.2) is 0 Å². The molecule has 0 radical (unpaired) electrons. The van der Waals surface area contributed by atoms with E-state index in [9.17, 15) is 4.79 Å². The van der Waals surface area contributed by atoms with Crippen molar-refractivity contribution in [2.75, 3.05) is 0 Å². The highest BCUT2D eigenvalue weighted by Gasteiger charge is 2.26. The normalized spacial score (nSPS) is 18.7. The van der Waals surface area contributed by atoms with Crippen LogP contribution in [-0.4, -0.2) is 18.1 Å². The van der Waals surface area contributed by atoms with Crippen molar-refractivity contribution in [2.45, 2.75) is 45.3 Å². The van der Waals surface area contributed by atoms with Crippen molar-refractivity contribution in [3.05, 3.63) is 42.0 Å². The molecule has 1 amide bonds. The third-order valence-corrected chi connectivity index (χ3v) is 4.20. The number of hydrogen-bond donors (Lipinski definition) is 1. The van der Waals surface area contributed by atoms with Crippen molar-refractivity contribution in [1.29, 1.82) is 0 Å². The number of carbonyl (C=O) groups is 1. The molecule has 3 nitrogen and oxygen atoms in total. The lowest BCUT2D eigenvalue weighted by Crippen LogP contribution is -2.45. The highest BCUT2D eigenvalue weighted by atomic mass is 16.5. The maximum atomic E-state index is 11.6. The molecule has 3 heteroatoms. The van der Waals surface area contributed by atoms with E-state index in [1.165, 1.54) is 10.9 Å². The SMILES string of the molecule is CCC(=O)NC(C)C1CCc2ccc3ccccc3c2O1. The molecule has 0 bridgehead atoms. The van der Waals surface area contributed by atoms with Crippen LogP contribution in [0.4, 0.5) is 0 Å². The minimum Gasteiger partial charge on any atom is -0.487 e. The number of amides is 1. The van der Waals surface area contributed by atoms with E-state index < -0.39 is 0 Å². The summed E-state index contributed by atoms with van der Waals surface area (Å²) in [6.45, 7) is 3.89. The molecule has 1 N–H and O–H groups in total. The summed E-state index contributed by atoms with van der Waals surface area (Å²) < 4.78 is 6.24. The predicted octanol–water partition coefficient (Wildman–Crippen LogP) is 3.45. The number of rotatable bonds is 3. The Hall–Kier alpha value is -2.03. The Morgan fingerprint density at radius 2 is 2.14 bits per heavy atom. The van der Waals surface area contributed by atoms with Gasteiger partial charge in [0.25, 0.3) is 0 Å². The fraction of sp³-hybridized carbons (Fsp3) is 0.389. The number of aryl methyl sites for hydroxylation is 1. The van der Waals surface area contributed by atoms with Gasteiger partial charge in [0.05, 0.1) is 6.04 Å². The van der Waals surface area contributed by atoms with Gasteiger partial charge in [-0.15, -0.1) is 0 Å². The summed E-state index contributed by atoms with van der Waals surface area (Å²) in [5.74, 6) is 1.07. The zero-order valence-corrected chi connectivity index (χ0v) is 12.6. The van der Waals surface area contributed by atoms with Crippen LogP contribution in [0.1, 0.15) is 32.3 Å². The van der Waals surface area contributed by atoms with Gasteiger partial charge in [-0.2, -0.15) is 0 Å². The average Bonchev–Trinajstić information content (AvgIpc) is 2.54. The molecule has 0 fully saturated rings. The molecule has 0 saturated heterocycles. The molecule has 2 atom stereocenters. The predicted molar refractivity (Wildman–Crippen MR) is 84.6 cm³/mol. The molecule has 0 saturated carbocycles. The fourth-order valence-electron chi connectivity index (χ4n) is 2.93. The average molecular weight is 283 g/mol. The summed E-state index contributed by atoms with van der Waals surface area (Å²) in [6, 6.07) is 12.6. The van der Waals surface area contributed by atoms with Crippen LogP contribution in [-0.2, 0) is 11.2 Å². The summed E-state index contributed by atoms with van der Waals surface area (Å²) >= 11 is 0. The maximum absolute atomic E-state index is 11.6. The zero-order valence-electron chi connectivity index (χ0n) is 12.6. The molecule has 110 valence electrons. The highest BCUT2D eigenvalue weighted by molar-refractivity contribution is 5.89. The highest BCUT2D eigenvalue weighted by Crippen LogP contribution is 2.35. The van der Waals surface area contributed by atoms with E-state index in [1.807, 2.05) is 26.0 Å². The van der Waals surface area contributed by atoms with Crippen molar-refractivity contribution in [3.8, 4) is 5.75 Å². The van der Waals surface area contributed by atoms with E-state index in [1.54, 1.807) is 0 Å². The summed E-state index contributed by atoms with van der Waals surface area (Å²) in [4.78, 5) is 11.6. The summed E-state index contributed by atoms with van der Waals surface area (Å²) in [6.07, 6.45) is 2.49. The Labute approximate surface area is 125 Å². The molecule has 2 aromatic carbocycles. The number of nitrogens with one attached hydrogen (secondary N) is 1. The van der Waals surface area contributed by atoms with Gasteiger partial charge in [0.2, 0.25) is 5.91 Å². The van der Waals surface area contributed by atoms with Gasteiger partial charge < -0.3 is 10.1 Å². The van der Waals surface area contributed by atoms with Crippen molar-refractivity contribution in [2.24, 2.45) is 0 Å². The molecule has 2 unspecified atom stereocenters. The number of hydrogen-bond acceptors (Lipinski definition) is 2. The number of benzene rings is 2. The second-order valence-corrected chi connectivity index (χ2v) is 5.68. The van der Waals surface area contributed by atoms with Gasteiger partial charge in [-0.3, -0.25) is 4.79 Å². The molecule has 3 rings (SSSR count). The lowest BCUT2D eigenvalue weighted by molar-refractivity contribution is -0.122. The molecule has 0 aliphatic carbocycles. The van der Waals surface area contributed by atoms with Crippen LogP contribution >= 0.6 is 0 Å². The van der Waals surface area contributed by atoms with E-state index >= 15 is 0 Å². The standard InChI is InChI=1S/C18H21NO2/c1-3-17(20)19-12(2)16-11-10-14-9-8-13-6-4-5-7-15(13)18(14)21-16/h4-9,12,16H,3,10-11H2,1-2H3,(H,19,20). The molecule has 21 heavy (non-hydrogen) atoms. The molecule has 1 aliphatic heterocycles. The van der Waals surface area contributed by atoms with E-state index in [-0.39, 0.29) is 18.1 Å². The minimum absolute atomic E-state index is 0.0320. The molecule has 1 aliphatic rings. The number of fused-ring (bicyclic) bond motifs is 3. The largest absolute Gasteiger partial charge is 0.487 e. The summed E-state index contributed by atoms with van der Waals surface area (Å²) in [5.41, 5.74) is 1.26. The third-order valence-electron chi connectivity index (χ3n) is 4.20. The van der Waals surface area contributed by atoms with Crippen LogP contribution in [0.5, 0.6) is 5.75 Å². The van der Waals surface area contributed by atoms with Crippen molar-refractivity contribution in [1.82, 2.24) is 5.32 Å². The van der Waals surface area contributed by atoms with Crippen LogP contribution in [0.2, 0.25) is 0 Å². The van der Waals surface area contributed by atoms with Crippen LogP contribution in [0.25, 0.3) is 10.8 Å². The molecule has 0 spiro atoms. The van der Waals surface area contributed by atoms with Crippen molar-refractivity contribution < 1.29 is 9.53 Å². The van der Waals surface area contributed by atoms with E-state index in [2.05, 4.69) is 29.6 Å².